The van der Waals surface area contributed by atoms with Crippen LogP contribution in [0.25, 0.3) is 11.0 Å². The minimum Gasteiger partial charge on any atom is -0.368 e. The van der Waals surface area contributed by atoms with Gasteiger partial charge >= 0.3 is 0 Å². The van der Waals surface area contributed by atoms with Gasteiger partial charge in [-0.05, 0) is 30.7 Å². The van der Waals surface area contributed by atoms with Crippen molar-refractivity contribution >= 4 is 22.6 Å². The van der Waals surface area contributed by atoms with E-state index >= 15 is 0 Å². The van der Waals surface area contributed by atoms with Crippen molar-refractivity contribution in [2.45, 2.75) is 19.4 Å². The predicted molar refractivity (Wildman–Crippen MR) is 99.8 cm³/mol. The number of benzene rings is 2. The number of anilines is 1. The molecule has 4 rings (SSSR count). The first-order chi connectivity index (χ1) is 12.7. The van der Waals surface area contributed by atoms with Crippen LogP contribution in [0.5, 0.6) is 0 Å². The number of fused-ring (bicyclic) bond motifs is 1. The third-order valence-electron chi connectivity index (χ3n) is 5.05. The zero-order chi connectivity index (χ0) is 18.1. The Hall–Kier alpha value is -2.89. The summed E-state index contributed by atoms with van der Waals surface area (Å²) in [4.78, 5) is 24.4. The first-order valence-electron chi connectivity index (χ1n) is 8.91. The summed E-state index contributed by atoms with van der Waals surface area (Å²) in [5.41, 5.74) is 2.56. The summed E-state index contributed by atoms with van der Waals surface area (Å²) in [6, 6.07) is 13.0. The topological polar surface area (TPSA) is 52.2 Å². The predicted octanol–water partition coefficient (Wildman–Crippen LogP) is 3.44. The van der Waals surface area contributed by atoms with Crippen molar-refractivity contribution in [3.8, 4) is 0 Å². The number of amides is 1. The van der Waals surface area contributed by atoms with Gasteiger partial charge in [0.2, 0.25) is 0 Å². The molecule has 0 bridgehead atoms. The lowest BCUT2D eigenvalue weighted by molar-refractivity contribution is 0.0653. The largest absolute Gasteiger partial charge is 0.368 e. The van der Waals surface area contributed by atoms with E-state index in [0.29, 0.717) is 23.1 Å². The molecule has 2 aromatic carbocycles. The molecule has 1 aliphatic rings. The Kier molecular flexibility index (Phi) is 4.32. The lowest BCUT2D eigenvalue weighted by atomic mass is 10.0. The second kappa shape index (κ2) is 6.78. The fourth-order valence-corrected chi connectivity index (χ4v) is 3.68. The summed E-state index contributed by atoms with van der Waals surface area (Å²) in [6.45, 7) is 4.21. The van der Waals surface area contributed by atoms with Crippen LogP contribution < -0.4 is 4.90 Å². The molecule has 134 valence electrons. The second-order valence-electron chi connectivity index (χ2n) is 6.59. The molecular weight excluding hydrogens is 331 g/mol. The van der Waals surface area contributed by atoms with Crippen molar-refractivity contribution < 1.29 is 9.18 Å². The summed E-state index contributed by atoms with van der Waals surface area (Å²) in [6.07, 6.45) is 2.33. The Bertz CT molecular complexity index is 924. The van der Waals surface area contributed by atoms with Gasteiger partial charge in [-0.2, -0.15) is 0 Å². The number of piperazine rings is 1. The number of hydrogen-bond donors (Lipinski definition) is 1. The Morgan fingerprint density at radius 1 is 1.27 bits per heavy atom. The summed E-state index contributed by atoms with van der Waals surface area (Å²) in [7, 11) is 0. The number of para-hydroxylation sites is 1. The molecule has 1 amide bonds. The highest BCUT2D eigenvalue weighted by molar-refractivity contribution is 6.05. The van der Waals surface area contributed by atoms with Crippen LogP contribution in [0.4, 0.5) is 10.1 Å². The smallest absolute Gasteiger partial charge is 0.256 e. The molecule has 1 N–H and O–H groups in total. The number of H-pyrrole nitrogens is 1. The van der Waals surface area contributed by atoms with E-state index in [1.165, 1.54) is 24.1 Å². The number of aromatic amines is 1. The van der Waals surface area contributed by atoms with Crippen LogP contribution in [0, 0.1) is 5.82 Å². The Morgan fingerprint density at radius 3 is 2.85 bits per heavy atom. The maximum atomic E-state index is 13.9. The van der Waals surface area contributed by atoms with Crippen LogP contribution in [0.3, 0.4) is 0 Å². The fourth-order valence-electron chi connectivity index (χ4n) is 3.68. The van der Waals surface area contributed by atoms with Crippen molar-refractivity contribution in [3.63, 3.8) is 0 Å². The van der Waals surface area contributed by atoms with Crippen molar-refractivity contribution in [3.05, 3.63) is 60.2 Å². The van der Waals surface area contributed by atoms with Crippen LogP contribution in [-0.2, 0) is 0 Å². The summed E-state index contributed by atoms with van der Waals surface area (Å²) in [5, 5.41) is 0. The summed E-state index contributed by atoms with van der Waals surface area (Å²) >= 11 is 0. The van der Waals surface area contributed by atoms with Crippen molar-refractivity contribution in [2.75, 3.05) is 24.5 Å². The minimum absolute atomic E-state index is 0.0775. The van der Waals surface area contributed by atoms with E-state index in [4.69, 9.17) is 0 Å². The van der Waals surface area contributed by atoms with Gasteiger partial charge < -0.3 is 14.8 Å². The standard InChI is InChI=1S/C20H21FN4O/c1-2-15-12-24(16-6-4-3-5-7-16)8-9-25(15)20(26)17-10-14(21)11-18-19(17)23-13-22-18/h3-7,10-11,13,15H,2,8-9,12H2,1H3,(H,22,23). The highest BCUT2D eigenvalue weighted by Gasteiger charge is 2.31. The Morgan fingerprint density at radius 2 is 2.08 bits per heavy atom. The third-order valence-corrected chi connectivity index (χ3v) is 5.05. The van der Waals surface area contributed by atoms with Crippen LogP contribution in [-0.4, -0.2) is 46.5 Å². The number of hydrogen-bond acceptors (Lipinski definition) is 3. The molecule has 1 aromatic heterocycles. The molecule has 6 heteroatoms. The van der Waals surface area contributed by atoms with E-state index in [1.54, 1.807) is 0 Å². The third kappa shape index (κ3) is 2.92. The molecule has 1 atom stereocenters. The molecule has 1 unspecified atom stereocenters. The molecule has 0 saturated carbocycles. The van der Waals surface area contributed by atoms with Crippen molar-refractivity contribution in [2.24, 2.45) is 0 Å². The van der Waals surface area contributed by atoms with Crippen LogP contribution in [0.15, 0.2) is 48.8 Å². The maximum Gasteiger partial charge on any atom is 0.256 e. The first kappa shape index (κ1) is 16.6. The number of carbonyl (C=O) groups is 1. The summed E-state index contributed by atoms with van der Waals surface area (Å²) in [5.74, 6) is -0.581. The number of nitrogens with zero attached hydrogens (tertiary/aromatic N) is 3. The number of aromatic nitrogens is 2. The van der Waals surface area contributed by atoms with E-state index in [1.807, 2.05) is 23.1 Å². The van der Waals surface area contributed by atoms with E-state index in [0.717, 1.165) is 19.5 Å². The zero-order valence-electron chi connectivity index (χ0n) is 14.7. The number of imidazole rings is 1. The van der Waals surface area contributed by atoms with Crippen molar-refractivity contribution in [1.82, 2.24) is 14.9 Å². The number of carbonyl (C=O) groups excluding carboxylic acids is 1. The monoisotopic (exact) mass is 352 g/mol. The van der Waals surface area contributed by atoms with E-state index in [-0.39, 0.29) is 11.9 Å². The van der Waals surface area contributed by atoms with Crippen LogP contribution in [0.1, 0.15) is 23.7 Å². The van der Waals surface area contributed by atoms with E-state index < -0.39 is 5.82 Å². The van der Waals surface area contributed by atoms with E-state index in [2.05, 4.69) is 33.9 Å². The molecular formula is C20H21FN4O. The lowest BCUT2D eigenvalue weighted by Crippen LogP contribution is -2.55. The molecule has 1 aliphatic heterocycles. The van der Waals surface area contributed by atoms with Gasteiger partial charge in [0.1, 0.15) is 11.3 Å². The molecule has 0 spiro atoms. The Balaban J connectivity index is 1.61. The van der Waals surface area contributed by atoms with E-state index in [9.17, 15) is 9.18 Å². The van der Waals surface area contributed by atoms with Crippen LogP contribution in [0.2, 0.25) is 0 Å². The minimum atomic E-state index is -0.430. The molecule has 3 aromatic rings. The molecule has 0 radical (unpaired) electrons. The average Bonchev–Trinajstić information content (AvgIpc) is 3.15. The van der Waals surface area contributed by atoms with Gasteiger partial charge in [-0.15, -0.1) is 0 Å². The van der Waals surface area contributed by atoms with Gasteiger partial charge in [0.25, 0.3) is 5.91 Å². The van der Waals surface area contributed by atoms with Gasteiger partial charge in [0.15, 0.2) is 0 Å². The average molecular weight is 352 g/mol. The van der Waals surface area contributed by atoms with Gasteiger partial charge in [-0.25, -0.2) is 9.37 Å². The maximum absolute atomic E-state index is 13.9. The number of nitrogens with one attached hydrogen (secondary N) is 1. The highest BCUT2D eigenvalue weighted by atomic mass is 19.1. The Labute approximate surface area is 151 Å². The SMILES string of the molecule is CCC1CN(c2ccccc2)CCN1C(=O)c1cc(F)cc2[nH]cnc12. The molecule has 2 heterocycles. The van der Waals surface area contributed by atoms with Crippen molar-refractivity contribution in [1.29, 1.82) is 0 Å². The molecule has 1 saturated heterocycles. The summed E-state index contributed by atoms with van der Waals surface area (Å²) < 4.78 is 13.9. The first-order valence-corrected chi connectivity index (χ1v) is 8.91. The van der Waals surface area contributed by atoms with Gasteiger partial charge in [-0.3, -0.25) is 4.79 Å². The lowest BCUT2D eigenvalue weighted by Gasteiger charge is -2.42. The quantitative estimate of drug-likeness (QED) is 0.786. The molecule has 26 heavy (non-hydrogen) atoms. The normalized spacial score (nSPS) is 17.7. The molecule has 0 aliphatic carbocycles. The zero-order valence-corrected chi connectivity index (χ0v) is 14.7. The fraction of sp³-hybridized carbons (Fsp3) is 0.300. The number of halogens is 1. The highest BCUT2D eigenvalue weighted by Crippen LogP contribution is 2.24. The van der Waals surface area contributed by atoms with Gasteiger partial charge in [0.05, 0.1) is 17.4 Å². The molecule has 5 nitrogen and oxygen atoms in total. The number of rotatable bonds is 3. The second-order valence-corrected chi connectivity index (χ2v) is 6.59. The van der Waals surface area contributed by atoms with Gasteiger partial charge in [0, 0.05) is 31.4 Å². The van der Waals surface area contributed by atoms with Gasteiger partial charge in [-0.1, -0.05) is 25.1 Å². The van der Waals surface area contributed by atoms with Crippen LogP contribution >= 0.6 is 0 Å². The molecule has 1 fully saturated rings.